The van der Waals surface area contributed by atoms with Gasteiger partial charge in [-0.05, 0) is 42.5 Å². The lowest BCUT2D eigenvalue weighted by atomic mass is 9.85. The molecule has 0 N–H and O–H groups in total. The van der Waals surface area contributed by atoms with Gasteiger partial charge in [-0.25, -0.2) is 13.9 Å². The van der Waals surface area contributed by atoms with Crippen LogP contribution in [0, 0.1) is 11.7 Å². The average Bonchev–Trinajstić information content (AvgIpc) is 3.14. The highest BCUT2D eigenvalue weighted by Gasteiger charge is 2.25. The molecule has 7 heteroatoms. The van der Waals surface area contributed by atoms with Crippen molar-refractivity contribution in [1.29, 1.82) is 0 Å². The lowest BCUT2D eigenvalue weighted by molar-refractivity contribution is 0.181. The van der Waals surface area contributed by atoms with Crippen LogP contribution in [0.2, 0.25) is 0 Å². The number of hydrogen-bond acceptors (Lipinski definition) is 4. The minimum absolute atomic E-state index is 0.0298. The Morgan fingerprint density at radius 2 is 1.94 bits per heavy atom. The maximum absolute atomic E-state index is 13.5. The molecule has 0 radical (unpaired) electrons. The molecule has 1 fully saturated rings. The van der Waals surface area contributed by atoms with Crippen LogP contribution in [0.15, 0.2) is 47.5 Å². The van der Waals surface area contributed by atoms with Gasteiger partial charge in [-0.15, -0.1) is 0 Å². The second-order valence-electron chi connectivity index (χ2n) is 8.41. The van der Waals surface area contributed by atoms with E-state index in [2.05, 4.69) is 11.9 Å². The van der Waals surface area contributed by atoms with E-state index in [-0.39, 0.29) is 24.0 Å². The molecule has 3 heterocycles. The highest BCUT2D eigenvalue weighted by atomic mass is 19.1. The summed E-state index contributed by atoms with van der Waals surface area (Å²) in [6, 6.07) is 8.42. The summed E-state index contributed by atoms with van der Waals surface area (Å²) in [5.74, 6) is 0.174. The maximum Gasteiger partial charge on any atom is 0.261 e. The normalized spacial score (nSPS) is 19.3. The van der Waals surface area contributed by atoms with Crippen LogP contribution in [-0.4, -0.2) is 26.3 Å². The van der Waals surface area contributed by atoms with Gasteiger partial charge < -0.3 is 9.30 Å². The molecule has 1 aliphatic rings. The number of aromatic nitrogens is 4. The number of hydrogen-bond donors (Lipinski definition) is 0. The number of methoxy groups -OCH3 is 1. The molecule has 1 aromatic carbocycles. The fourth-order valence-electron chi connectivity index (χ4n) is 4.85. The summed E-state index contributed by atoms with van der Waals surface area (Å²) in [6.45, 7) is 2.51. The fourth-order valence-corrected chi connectivity index (χ4v) is 4.85. The van der Waals surface area contributed by atoms with Gasteiger partial charge in [-0.1, -0.05) is 31.9 Å². The van der Waals surface area contributed by atoms with E-state index in [4.69, 9.17) is 9.84 Å². The third-order valence-corrected chi connectivity index (χ3v) is 6.45. The molecule has 0 amide bonds. The van der Waals surface area contributed by atoms with Crippen molar-refractivity contribution >= 4 is 16.6 Å². The molecule has 160 valence electrons. The topological polar surface area (TPSA) is 61.4 Å². The SMILES string of the molecule is COCc1nn2c(ncc3c(=O)n([C@H]4CCCC[C@@H]4C)ccc32)c1-c1ccc(F)cc1. The predicted octanol–water partition coefficient (Wildman–Crippen LogP) is 4.75. The summed E-state index contributed by atoms with van der Waals surface area (Å²) in [5.41, 5.74) is 3.58. The van der Waals surface area contributed by atoms with Gasteiger partial charge in [-0.3, -0.25) is 4.79 Å². The third-order valence-electron chi connectivity index (χ3n) is 6.45. The molecule has 0 spiro atoms. The largest absolute Gasteiger partial charge is 0.378 e. The van der Waals surface area contributed by atoms with Crippen LogP contribution < -0.4 is 5.56 Å². The van der Waals surface area contributed by atoms with Crippen LogP contribution in [-0.2, 0) is 11.3 Å². The summed E-state index contributed by atoms with van der Waals surface area (Å²) >= 11 is 0. The molecule has 1 aliphatic carbocycles. The van der Waals surface area contributed by atoms with E-state index < -0.39 is 0 Å². The molecule has 1 saturated carbocycles. The number of fused-ring (bicyclic) bond motifs is 3. The minimum Gasteiger partial charge on any atom is -0.378 e. The van der Waals surface area contributed by atoms with Crippen LogP contribution >= 0.6 is 0 Å². The first kappa shape index (κ1) is 19.9. The molecule has 0 bridgehead atoms. The first-order valence-corrected chi connectivity index (χ1v) is 10.7. The molecule has 0 saturated heterocycles. The standard InChI is InChI=1S/C24H25FN4O2/c1-15-5-3-4-6-20(15)28-12-11-21-18(24(28)30)13-26-23-22(16-7-9-17(25)10-8-16)19(14-31-2)27-29(21)23/h7-13,15,20H,3-6,14H2,1-2H3/t15-,20-/m0/s1. The predicted molar refractivity (Wildman–Crippen MR) is 118 cm³/mol. The molecule has 5 rings (SSSR count). The highest BCUT2D eigenvalue weighted by Crippen LogP contribution is 2.33. The van der Waals surface area contributed by atoms with Gasteiger partial charge in [0, 0.05) is 25.5 Å². The summed E-state index contributed by atoms with van der Waals surface area (Å²) in [5, 5.41) is 5.26. The molecular weight excluding hydrogens is 395 g/mol. The van der Waals surface area contributed by atoms with E-state index in [0.29, 0.717) is 28.2 Å². The lowest BCUT2D eigenvalue weighted by Crippen LogP contribution is -2.30. The smallest absolute Gasteiger partial charge is 0.261 e. The number of pyridine rings is 1. The number of nitrogens with zero attached hydrogens (tertiary/aromatic N) is 4. The quantitative estimate of drug-likeness (QED) is 0.478. The Kier molecular flexibility index (Phi) is 5.06. The summed E-state index contributed by atoms with van der Waals surface area (Å²) in [7, 11) is 1.61. The van der Waals surface area contributed by atoms with E-state index in [0.717, 1.165) is 30.4 Å². The highest BCUT2D eigenvalue weighted by molar-refractivity contribution is 5.86. The molecular formula is C24H25FN4O2. The summed E-state index contributed by atoms with van der Waals surface area (Å²) in [4.78, 5) is 18.0. The van der Waals surface area contributed by atoms with Gasteiger partial charge >= 0.3 is 0 Å². The Bertz CT molecular complexity index is 1310. The van der Waals surface area contributed by atoms with E-state index >= 15 is 0 Å². The van der Waals surface area contributed by atoms with E-state index in [1.807, 2.05) is 16.8 Å². The van der Waals surface area contributed by atoms with Crippen molar-refractivity contribution in [1.82, 2.24) is 19.2 Å². The Balaban J connectivity index is 1.71. The van der Waals surface area contributed by atoms with Gasteiger partial charge in [0.25, 0.3) is 5.56 Å². The minimum atomic E-state index is -0.301. The van der Waals surface area contributed by atoms with Crippen molar-refractivity contribution in [3.05, 3.63) is 64.6 Å². The van der Waals surface area contributed by atoms with E-state index in [1.165, 1.54) is 18.6 Å². The number of benzene rings is 1. The number of rotatable bonds is 4. The lowest BCUT2D eigenvalue weighted by Gasteiger charge is -2.30. The monoisotopic (exact) mass is 420 g/mol. The van der Waals surface area contributed by atoms with Gasteiger partial charge in [0.1, 0.15) is 5.82 Å². The first-order valence-electron chi connectivity index (χ1n) is 10.7. The second-order valence-corrected chi connectivity index (χ2v) is 8.41. The molecule has 0 unspecified atom stereocenters. The van der Waals surface area contributed by atoms with Crippen molar-refractivity contribution in [3.8, 4) is 11.1 Å². The Morgan fingerprint density at radius 1 is 1.16 bits per heavy atom. The zero-order valence-corrected chi connectivity index (χ0v) is 17.7. The molecule has 6 nitrogen and oxygen atoms in total. The average molecular weight is 420 g/mol. The van der Waals surface area contributed by atoms with E-state index in [1.54, 1.807) is 30.0 Å². The fraction of sp³-hybridized carbons (Fsp3) is 0.375. The maximum atomic E-state index is 13.5. The van der Waals surface area contributed by atoms with Crippen LogP contribution in [0.1, 0.15) is 44.3 Å². The van der Waals surface area contributed by atoms with Crippen molar-refractivity contribution in [3.63, 3.8) is 0 Å². The molecule has 0 aliphatic heterocycles. The molecule has 4 aromatic rings. The van der Waals surface area contributed by atoms with Gasteiger partial charge in [-0.2, -0.15) is 5.10 Å². The molecule has 3 aromatic heterocycles. The Morgan fingerprint density at radius 3 is 2.68 bits per heavy atom. The van der Waals surface area contributed by atoms with Crippen LogP contribution in [0.4, 0.5) is 4.39 Å². The zero-order valence-electron chi connectivity index (χ0n) is 17.7. The Labute approximate surface area is 179 Å². The third kappa shape index (κ3) is 3.33. The van der Waals surface area contributed by atoms with Crippen LogP contribution in [0.5, 0.6) is 0 Å². The van der Waals surface area contributed by atoms with E-state index in [9.17, 15) is 9.18 Å². The van der Waals surface area contributed by atoms with Crippen molar-refractivity contribution < 1.29 is 9.13 Å². The van der Waals surface area contributed by atoms with Crippen molar-refractivity contribution in [2.45, 2.75) is 45.3 Å². The summed E-state index contributed by atoms with van der Waals surface area (Å²) in [6.07, 6.45) is 8.08. The number of halogens is 1. The van der Waals surface area contributed by atoms with Crippen molar-refractivity contribution in [2.75, 3.05) is 7.11 Å². The molecule has 2 atom stereocenters. The molecule has 31 heavy (non-hydrogen) atoms. The second kappa shape index (κ2) is 7.89. The van der Waals surface area contributed by atoms with Crippen LogP contribution in [0.25, 0.3) is 27.7 Å². The number of ether oxygens (including phenoxy) is 1. The van der Waals surface area contributed by atoms with Gasteiger partial charge in [0.2, 0.25) is 0 Å². The summed E-state index contributed by atoms with van der Waals surface area (Å²) < 4.78 is 22.4. The van der Waals surface area contributed by atoms with Crippen molar-refractivity contribution in [2.24, 2.45) is 5.92 Å². The Hall–Kier alpha value is -3.06. The van der Waals surface area contributed by atoms with Gasteiger partial charge in [0.05, 0.1) is 28.8 Å². The van der Waals surface area contributed by atoms with Gasteiger partial charge in [0.15, 0.2) is 5.65 Å². The first-order chi connectivity index (χ1) is 15.1. The zero-order chi connectivity index (χ0) is 21.5. The van der Waals surface area contributed by atoms with Crippen LogP contribution in [0.3, 0.4) is 0 Å².